The first kappa shape index (κ1) is 19.8. The van der Waals surface area contributed by atoms with Gasteiger partial charge in [-0.3, -0.25) is 4.79 Å². The van der Waals surface area contributed by atoms with Crippen molar-refractivity contribution in [1.82, 2.24) is 19.8 Å². The Morgan fingerprint density at radius 3 is 2.45 bits per heavy atom. The predicted octanol–water partition coefficient (Wildman–Crippen LogP) is 2.67. The number of nitrogens with zero attached hydrogens (tertiary/aromatic N) is 5. The first-order valence-corrected chi connectivity index (χ1v) is 10.6. The highest BCUT2D eigenvalue weighted by Gasteiger charge is 2.54. The fourth-order valence-corrected chi connectivity index (χ4v) is 4.67. The third kappa shape index (κ3) is 4.27. The van der Waals surface area contributed by atoms with Crippen LogP contribution in [-0.4, -0.2) is 65.9 Å². The molecule has 1 amide bonds. The van der Waals surface area contributed by atoms with E-state index in [-0.39, 0.29) is 17.2 Å². The topological polar surface area (TPSA) is 52.6 Å². The molecule has 6 heteroatoms. The van der Waals surface area contributed by atoms with Crippen molar-refractivity contribution >= 4 is 11.9 Å². The molecule has 1 aliphatic carbocycles. The minimum Gasteiger partial charge on any atom is -0.339 e. The molecular formula is C23H31N5O. The summed E-state index contributed by atoms with van der Waals surface area (Å²) < 4.78 is 0. The lowest BCUT2D eigenvalue weighted by Crippen LogP contribution is -2.48. The molecule has 154 valence electrons. The van der Waals surface area contributed by atoms with Crippen LogP contribution in [0.1, 0.15) is 24.8 Å². The van der Waals surface area contributed by atoms with E-state index in [1.165, 1.54) is 12.0 Å². The van der Waals surface area contributed by atoms with Crippen LogP contribution in [0.4, 0.5) is 5.95 Å². The van der Waals surface area contributed by atoms with Gasteiger partial charge in [-0.1, -0.05) is 36.8 Å². The summed E-state index contributed by atoms with van der Waals surface area (Å²) in [5, 5.41) is 0. The van der Waals surface area contributed by atoms with E-state index in [0.717, 1.165) is 45.0 Å². The predicted molar refractivity (Wildman–Crippen MR) is 114 cm³/mol. The molecule has 1 aromatic carbocycles. The Hall–Kier alpha value is -2.47. The van der Waals surface area contributed by atoms with Crippen LogP contribution in [0.2, 0.25) is 0 Å². The Morgan fingerprint density at radius 1 is 1.10 bits per heavy atom. The maximum absolute atomic E-state index is 13.8. The summed E-state index contributed by atoms with van der Waals surface area (Å²) in [7, 11) is 4.12. The summed E-state index contributed by atoms with van der Waals surface area (Å²) in [5.74, 6) is 1.05. The molecule has 2 aromatic rings. The maximum Gasteiger partial charge on any atom is 0.228 e. The number of hydrogen-bond acceptors (Lipinski definition) is 5. The van der Waals surface area contributed by atoms with Gasteiger partial charge in [0, 0.05) is 50.5 Å². The van der Waals surface area contributed by atoms with Gasteiger partial charge in [-0.2, -0.15) is 0 Å². The van der Waals surface area contributed by atoms with Gasteiger partial charge >= 0.3 is 0 Å². The third-order valence-corrected chi connectivity index (χ3v) is 6.48. The second-order valence-electron chi connectivity index (χ2n) is 8.75. The second-order valence-corrected chi connectivity index (χ2v) is 8.75. The average Bonchev–Trinajstić information content (AvgIpc) is 3.13. The van der Waals surface area contributed by atoms with E-state index in [0.29, 0.717) is 6.54 Å². The SMILES string of the molecule is CN(C)CCN(Cc1ccccc1)C(=O)C1CN(c2ncccn2)CC12CCC2. The van der Waals surface area contributed by atoms with Crippen molar-refractivity contribution in [2.75, 3.05) is 45.2 Å². The lowest BCUT2D eigenvalue weighted by atomic mass is 9.62. The number of likely N-dealkylation sites (N-methyl/N-ethyl adjacent to an activating group) is 1. The zero-order valence-corrected chi connectivity index (χ0v) is 17.5. The normalized spacial score (nSPS) is 20.1. The van der Waals surface area contributed by atoms with E-state index < -0.39 is 0 Å². The second kappa shape index (κ2) is 8.49. The van der Waals surface area contributed by atoms with Crippen LogP contribution in [0.3, 0.4) is 0 Å². The van der Waals surface area contributed by atoms with Gasteiger partial charge < -0.3 is 14.7 Å². The molecule has 29 heavy (non-hydrogen) atoms. The van der Waals surface area contributed by atoms with Crippen molar-refractivity contribution in [1.29, 1.82) is 0 Å². The van der Waals surface area contributed by atoms with Gasteiger partial charge in [-0.05, 0) is 38.6 Å². The monoisotopic (exact) mass is 393 g/mol. The third-order valence-electron chi connectivity index (χ3n) is 6.48. The highest BCUT2D eigenvalue weighted by Crippen LogP contribution is 2.52. The maximum atomic E-state index is 13.8. The Bertz CT molecular complexity index is 807. The highest BCUT2D eigenvalue weighted by atomic mass is 16.2. The van der Waals surface area contributed by atoms with Crippen LogP contribution in [0.25, 0.3) is 0 Å². The van der Waals surface area contributed by atoms with Crippen molar-refractivity contribution in [2.45, 2.75) is 25.8 Å². The summed E-state index contributed by atoms with van der Waals surface area (Å²) in [5.41, 5.74) is 1.27. The Labute approximate surface area is 173 Å². The van der Waals surface area contributed by atoms with Gasteiger partial charge in [0.1, 0.15) is 0 Å². The van der Waals surface area contributed by atoms with Crippen LogP contribution >= 0.6 is 0 Å². The molecule has 6 nitrogen and oxygen atoms in total. The highest BCUT2D eigenvalue weighted by molar-refractivity contribution is 5.81. The quantitative estimate of drug-likeness (QED) is 0.724. The van der Waals surface area contributed by atoms with Gasteiger partial charge in [0.05, 0.1) is 5.92 Å². The van der Waals surface area contributed by atoms with Gasteiger partial charge in [-0.15, -0.1) is 0 Å². The van der Waals surface area contributed by atoms with Crippen LogP contribution in [0.5, 0.6) is 0 Å². The average molecular weight is 394 g/mol. The van der Waals surface area contributed by atoms with Gasteiger partial charge in [0.2, 0.25) is 11.9 Å². The summed E-state index contributed by atoms with van der Waals surface area (Å²) in [6.45, 7) is 3.89. The first-order valence-electron chi connectivity index (χ1n) is 10.6. The number of hydrogen-bond donors (Lipinski definition) is 0. The molecule has 1 saturated heterocycles. The number of benzene rings is 1. The Kier molecular flexibility index (Phi) is 5.81. The number of rotatable bonds is 7. The summed E-state index contributed by atoms with van der Waals surface area (Å²) in [4.78, 5) is 29.1. The lowest BCUT2D eigenvalue weighted by molar-refractivity contribution is -0.141. The first-order chi connectivity index (χ1) is 14.1. The lowest BCUT2D eigenvalue weighted by Gasteiger charge is -2.43. The molecule has 0 N–H and O–H groups in total. The molecule has 0 radical (unpaired) electrons. The Morgan fingerprint density at radius 2 is 1.83 bits per heavy atom. The van der Waals surface area contributed by atoms with Crippen molar-refractivity contribution in [3.63, 3.8) is 0 Å². The molecule has 1 unspecified atom stereocenters. The number of amides is 1. The van der Waals surface area contributed by atoms with Crippen LogP contribution in [0.15, 0.2) is 48.8 Å². The standard InChI is InChI=1S/C23H31N5O/c1-26(2)14-15-27(16-19-8-4-3-5-9-19)21(29)20-17-28(18-23(20)10-6-11-23)22-24-12-7-13-25-22/h3-5,7-9,12-13,20H,6,10-11,14-18H2,1-2H3. The van der Waals surface area contributed by atoms with Gasteiger partial charge in [0.15, 0.2) is 0 Å². The molecule has 2 fully saturated rings. The fraction of sp³-hybridized carbons (Fsp3) is 0.522. The molecule has 1 atom stereocenters. The molecule has 1 saturated carbocycles. The molecule has 1 aliphatic heterocycles. The van der Waals surface area contributed by atoms with Crippen molar-refractivity contribution in [3.05, 3.63) is 54.4 Å². The van der Waals surface area contributed by atoms with Crippen LogP contribution < -0.4 is 4.90 Å². The zero-order chi connectivity index (χ0) is 20.3. The van der Waals surface area contributed by atoms with E-state index in [9.17, 15) is 4.79 Å². The number of carbonyl (C=O) groups excluding carboxylic acids is 1. The molecule has 2 aliphatic rings. The van der Waals surface area contributed by atoms with E-state index in [2.05, 4.69) is 50.9 Å². The Balaban J connectivity index is 1.54. The smallest absolute Gasteiger partial charge is 0.228 e. The van der Waals surface area contributed by atoms with E-state index in [1.807, 2.05) is 24.3 Å². The molecule has 0 bridgehead atoms. The van der Waals surface area contributed by atoms with E-state index >= 15 is 0 Å². The molecular weight excluding hydrogens is 362 g/mol. The molecule has 2 heterocycles. The van der Waals surface area contributed by atoms with Crippen molar-refractivity contribution < 1.29 is 4.79 Å². The van der Waals surface area contributed by atoms with Gasteiger partial charge in [0.25, 0.3) is 0 Å². The van der Waals surface area contributed by atoms with Gasteiger partial charge in [-0.25, -0.2) is 9.97 Å². The molecule has 1 aromatic heterocycles. The number of aromatic nitrogens is 2. The summed E-state index contributed by atoms with van der Waals surface area (Å²) in [6, 6.07) is 12.2. The van der Waals surface area contributed by atoms with Crippen LogP contribution in [-0.2, 0) is 11.3 Å². The zero-order valence-electron chi connectivity index (χ0n) is 17.5. The van der Waals surface area contributed by atoms with Crippen LogP contribution in [0, 0.1) is 11.3 Å². The summed E-state index contributed by atoms with van der Waals surface area (Å²) >= 11 is 0. The minimum absolute atomic E-state index is 0.0194. The number of carbonyl (C=O) groups is 1. The minimum atomic E-state index is 0.0194. The molecule has 4 rings (SSSR count). The van der Waals surface area contributed by atoms with E-state index in [4.69, 9.17) is 0 Å². The number of anilines is 1. The van der Waals surface area contributed by atoms with E-state index in [1.54, 1.807) is 12.4 Å². The fourth-order valence-electron chi connectivity index (χ4n) is 4.67. The van der Waals surface area contributed by atoms with Crippen molar-refractivity contribution in [2.24, 2.45) is 11.3 Å². The van der Waals surface area contributed by atoms with Crippen molar-refractivity contribution in [3.8, 4) is 0 Å². The molecule has 1 spiro atoms. The summed E-state index contributed by atoms with van der Waals surface area (Å²) in [6.07, 6.45) is 7.02. The largest absolute Gasteiger partial charge is 0.339 e.